The van der Waals surface area contributed by atoms with Crippen LogP contribution in [0.5, 0.6) is 5.75 Å². The van der Waals surface area contributed by atoms with Crippen LogP contribution in [0.1, 0.15) is 35.6 Å². The van der Waals surface area contributed by atoms with Crippen LogP contribution in [-0.2, 0) is 6.42 Å². The number of hydrogen-bond donors (Lipinski definition) is 1. The Morgan fingerprint density at radius 3 is 2.84 bits per heavy atom. The van der Waals surface area contributed by atoms with Crippen molar-refractivity contribution < 1.29 is 4.74 Å². The van der Waals surface area contributed by atoms with Crippen LogP contribution < -0.4 is 10.5 Å². The fourth-order valence-corrected chi connectivity index (χ4v) is 2.60. The monoisotopic (exact) mass is 253 g/mol. The van der Waals surface area contributed by atoms with Gasteiger partial charge in [-0.1, -0.05) is 36.4 Å². The summed E-state index contributed by atoms with van der Waals surface area (Å²) in [6, 6.07) is 16.7. The molecular formula is C17H19NO. The number of fused-ring (bicyclic) bond motifs is 1. The minimum Gasteiger partial charge on any atom is -0.493 e. The number of ether oxygens (including phenoxy) is 1. The molecule has 0 saturated heterocycles. The molecule has 0 spiro atoms. The Balaban J connectivity index is 1.63. The average molecular weight is 253 g/mol. The van der Waals surface area contributed by atoms with Crippen LogP contribution in [0.4, 0.5) is 0 Å². The molecule has 2 atom stereocenters. The minimum atomic E-state index is 0.0491. The highest BCUT2D eigenvalue weighted by Crippen LogP contribution is 2.35. The predicted molar refractivity (Wildman–Crippen MR) is 77.4 cm³/mol. The van der Waals surface area contributed by atoms with Gasteiger partial charge in [0.1, 0.15) is 5.75 Å². The molecule has 0 saturated carbocycles. The highest BCUT2D eigenvalue weighted by atomic mass is 16.5. The maximum atomic E-state index is 5.90. The molecule has 2 N–H and O–H groups in total. The largest absolute Gasteiger partial charge is 0.493 e. The highest BCUT2D eigenvalue weighted by Gasteiger charge is 2.25. The molecule has 0 heterocycles. The summed E-state index contributed by atoms with van der Waals surface area (Å²) in [4.78, 5) is 0. The fourth-order valence-electron chi connectivity index (χ4n) is 2.60. The van der Waals surface area contributed by atoms with E-state index in [1.165, 1.54) is 11.1 Å². The average Bonchev–Trinajstić information content (AvgIpc) is 2.40. The third-order valence-corrected chi connectivity index (χ3v) is 3.80. The van der Waals surface area contributed by atoms with Gasteiger partial charge in [-0.25, -0.2) is 0 Å². The number of rotatable bonds is 4. The second kappa shape index (κ2) is 5.06. The first-order valence-electron chi connectivity index (χ1n) is 6.80. The molecule has 1 aliphatic rings. The zero-order valence-corrected chi connectivity index (χ0v) is 11.2. The lowest BCUT2D eigenvalue weighted by Gasteiger charge is -2.29. The molecule has 0 bridgehead atoms. The first-order valence-corrected chi connectivity index (χ1v) is 6.80. The lowest BCUT2D eigenvalue weighted by molar-refractivity contribution is 0.275. The Morgan fingerprint density at radius 1 is 1.21 bits per heavy atom. The molecule has 0 radical (unpaired) electrons. The standard InChI is InChI=1S/C17H19NO/c1-12(18)13-6-4-7-16(10-13)19-11-15-9-14-5-2-3-8-17(14)15/h2-8,10,12,15H,9,11,18H2,1H3/t12-,15?/m0/s1. The molecule has 1 aliphatic carbocycles. The SMILES string of the molecule is C[C@H](N)c1cccc(OCC2Cc3ccccc32)c1. The van der Waals surface area contributed by atoms with Crippen molar-refractivity contribution >= 4 is 0 Å². The van der Waals surface area contributed by atoms with Crippen molar-refractivity contribution in [2.45, 2.75) is 25.3 Å². The molecule has 3 rings (SSSR count). The molecular weight excluding hydrogens is 234 g/mol. The Kier molecular flexibility index (Phi) is 3.26. The molecule has 2 aromatic rings. The maximum Gasteiger partial charge on any atom is 0.119 e. The van der Waals surface area contributed by atoms with Crippen LogP contribution in [0.2, 0.25) is 0 Å². The van der Waals surface area contributed by atoms with Crippen LogP contribution in [0, 0.1) is 0 Å². The van der Waals surface area contributed by atoms with E-state index in [4.69, 9.17) is 10.5 Å². The van der Waals surface area contributed by atoms with Crippen LogP contribution in [0.25, 0.3) is 0 Å². The van der Waals surface area contributed by atoms with Gasteiger partial charge >= 0.3 is 0 Å². The highest BCUT2D eigenvalue weighted by molar-refractivity contribution is 5.40. The van der Waals surface area contributed by atoms with Gasteiger partial charge in [0.2, 0.25) is 0 Å². The van der Waals surface area contributed by atoms with E-state index < -0.39 is 0 Å². The Bertz CT molecular complexity index is 577. The van der Waals surface area contributed by atoms with Crippen molar-refractivity contribution in [3.05, 3.63) is 65.2 Å². The first-order chi connectivity index (χ1) is 9.24. The van der Waals surface area contributed by atoms with E-state index in [9.17, 15) is 0 Å². The van der Waals surface area contributed by atoms with Crippen molar-refractivity contribution in [3.8, 4) is 5.75 Å². The van der Waals surface area contributed by atoms with Gasteiger partial charge in [-0.3, -0.25) is 0 Å². The van der Waals surface area contributed by atoms with Crippen LogP contribution in [-0.4, -0.2) is 6.61 Å². The van der Waals surface area contributed by atoms with Crippen LogP contribution in [0.3, 0.4) is 0 Å². The molecule has 19 heavy (non-hydrogen) atoms. The smallest absolute Gasteiger partial charge is 0.119 e. The van der Waals surface area contributed by atoms with Crippen LogP contribution in [0.15, 0.2) is 48.5 Å². The summed E-state index contributed by atoms with van der Waals surface area (Å²) in [5, 5.41) is 0. The van der Waals surface area contributed by atoms with Gasteiger partial charge in [0.05, 0.1) is 6.61 Å². The summed E-state index contributed by atoms with van der Waals surface area (Å²) >= 11 is 0. The van der Waals surface area contributed by atoms with Gasteiger partial charge < -0.3 is 10.5 Å². The van der Waals surface area contributed by atoms with E-state index in [2.05, 4.69) is 24.3 Å². The third kappa shape index (κ3) is 2.49. The van der Waals surface area contributed by atoms with Crippen molar-refractivity contribution in [1.82, 2.24) is 0 Å². The van der Waals surface area contributed by atoms with Crippen LogP contribution >= 0.6 is 0 Å². The van der Waals surface area contributed by atoms with Gasteiger partial charge in [-0.05, 0) is 42.2 Å². The van der Waals surface area contributed by atoms with E-state index in [0.29, 0.717) is 5.92 Å². The minimum absolute atomic E-state index is 0.0491. The summed E-state index contributed by atoms with van der Waals surface area (Å²) < 4.78 is 5.90. The quantitative estimate of drug-likeness (QED) is 0.906. The third-order valence-electron chi connectivity index (χ3n) is 3.80. The van der Waals surface area contributed by atoms with Gasteiger partial charge in [0.15, 0.2) is 0 Å². The summed E-state index contributed by atoms with van der Waals surface area (Å²) in [7, 11) is 0. The lowest BCUT2D eigenvalue weighted by Crippen LogP contribution is -2.23. The summed E-state index contributed by atoms with van der Waals surface area (Å²) in [6.45, 7) is 2.74. The molecule has 0 fully saturated rings. The van der Waals surface area contributed by atoms with E-state index >= 15 is 0 Å². The number of nitrogens with two attached hydrogens (primary N) is 1. The van der Waals surface area contributed by atoms with E-state index in [1.54, 1.807) is 0 Å². The van der Waals surface area contributed by atoms with Crippen molar-refractivity contribution in [2.24, 2.45) is 5.73 Å². The summed E-state index contributed by atoms with van der Waals surface area (Å²) in [6.07, 6.45) is 1.13. The molecule has 0 amide bonds. The topological polar surface area (TPSA) is 35.2 Å². The Hall–Kier alpha value is -1.80. The zero-order chi connectivity index (χ0) is 13.2. The Labute approximate surface area is 114 Å². The van der Waals surface area contributed by atoms with E-state index in [1.807, 2.05) is 31.2 Å². The van der Waals surface area contributed by atoms with Crippen molar-refractivity contribution in [2.75, 3.05) is 6.61 Å². The predicted octanol–water partition coefficient (Wildman–Crippen LogP) is 3.43. The van der Waals surface area contributed by atoms with E-state index in [-0.39, 0.29) is 6.04 Å². The van der Waals surface area contributed by atoms with Crippen molar-refractivity contribution in [3.63, 3.8) is 0 Å². The summed E-state index contributed by atoms with van der Waals surface area (Å²) in [5.41, 5.74) is 9.90. The molecule has 2 nitrogen and oxygen atoms in total. The fraction of sp³-hybridized carbons (Fsp3) is 0.294. The molecule has 2 heteroatoms. The second-order valence-electron chi connectivity index (χ2n) is 5.27. The summed E-state index contributed by atoms with van der Waals surface area (Å²) in [5.74, 6) is 1.45. The Morgan fingerprint density at radius 2 is 2.05 bits per heavy atom. The van der Waals surface area contributed by atoms with Gasteiger partial charge in [0, 0.05) is 12.0 Å². The van der Waals surface area contributed by atoms with Gasteiger partial charge in [-0.15, -0.1) is 0 Å². The first kappa shape index (κ1) is 12.2. The lowest BCUT2D eigenvalue weighted by atomic mass is 9.78. The molecule has 98 valence electrons. The van der Waals surface area contributed by atoms with Gasteiger partial charge in [0.25, 0.3) is 0 Å². The molecule has 0 aromatic heterocycles. The van der Waals surface area contributed by atoms with Crippen molar-refractivity contribution in [1.29, 1.82) is 0 Å². The van der Waals surface area contributed by atoms with E-state index in [0.717, 1.165) is 24.3 Å². The number of benzene rings is 2. The molecule has 2 aromatic carbocycles. The van der Waals surface area contributed by atoms with Gasteiger partial charge in [-0.2, -0.15) is 0 Å². The number of hydrogen-bond acceptors (Lipinski definition) is 2. The molecule has 0 aliphatic heterocycles. The maximum absolute atomic E-state index is 5.90. The second-order valence-corrected chi connectivity index (χ2v) is 5.27. The normalized spacial score (nSPS) is 18.3. The molecule has 1 unspecified atom stereocenters. The zero-order valence-electron chi connectivity index (χ0n) is 11.2.